The minimum Gasteiger partial charge on any atom is -0.476 e. The molecule has 0 atom stereocenters. The van der Waals surface area contributed by atoms with Crippen LogP contribution in [-0.2, 0) is 6.42 Å². The third-order valence-corrected chi connectivity index (χ3v) is 3.09. The van der Waals surface area contributed by atoms with E-state index in [2.05, 4.69) is 21.0 Å². The molecule has 0 aliphatic carbocycles. The molecule has 1 heterocycles. The van der Waals surface area contributed by atoms with Crippen molar-refractivity contribution >= 4 is 21.9 Å². The van der Waals surface area contributed by atoms with Crippen LogP contribution in [0, 0.1) is 6.92 Å². The van der Waals surface area contributed by atoms with E-state index < -0.39 is 5.97 Å². The van der Waals surface area contributed by atoms with E-state index >= 15 is 0 Å². The van der Waals surface area contributed by atoms with Crippen LogP contribution in [0.2, 0.25) is 0 Å². The molecular formula is C13H13BrN2O2. The molecule has 1 N–H and O–H groups in total. The summed E-state index contributed by atoms with van der Waals surface area (Å²) >= 11 is 3.44. The van der Waals surface area contributed by atoms with Gasteiger partial charge in [-0.15, -0.1) is 0 Å². The highest BCUT2D eigenvalue weighted by molar-refractivity contribution is 9.10. The lowest BCUT2D eigenvalue weighted by atomic mass is 10.2. The van der Waals surface area contributed by atoms with E-state index in [-0.39, 0.29) is 5.69 Å². The fraction of sp³-hybridized carbons (Fsp3) is 0.231. The van der Waals surface area contributed by atoms with Crippen LogP contribution in [0.3, 0.4) is 0 Å². The topological polar surface area (TPSA) is 55.1 Å². The molecular weight excluding hydrogens is 296 g/mol. The van der Waals surface area contributed by atoms with Crippen molar-refractivity contribution < 1.29 is 9.90 Å². The third kappa shape index (κ3) is 2.46. The minimum absolute atomic E-state index is 0.0736. The highest BCUT2D eigenvalue weighted by Crippen LogP contribution is 2.20. The maximum absolute atomic E-state index is 11.0. The van der Waals surface area contributed by atoms with Crippen molar-refractivity contribution in [2.24, 2.45) is 0 Å². The molecule has 0 unspecified atom stereocenters. The lowest BCUT2D eigenvalue weighted by molar-refractivity contribution is 0.0690. The van der Waals surface area contributed by atoms with Crippen LogP contribution >= 0.6 is 15.9 Å². The normalized spacial score (nSPS) is 10.6. The molecule has 2 aromatic rings. The van der Waals surface area contributed by atoms with Crippen LogP contribution < -0.4 is 0 Å². The summed E-state index contributed by atoms with van der Waals surface area (Å²) in [5.74, 6) is -1.00. The van der Waals surface area contributed by atoms with Crippen molar-refractivity contribution in [3.05, 3.63) is 45.7 Å². The Bertz CT molecular complexity index is 585. The van der Waals surface area contributed by atoms with E-state index in [1.54, 1.807) is 10.7 Å². The standard InChI is InChI=1S/C13H13BrN2O2/c1-3-10-7-12(13(17)18)15-16(10)11-5-8(2)4-9(14)6-11/h4-7H,3H2,1-2H3,(H,17,18). The Kier molecular flexibility index (Phi) is 3.52. The molecule has 0 spiro atoms. The lowest BCUT2D eigenvalue weighted by Crippen LogP contribution is -2.03. The molecule has 0 amide bonds. The van der Waals surface area contributed by atoms with Crippen molar-refractivity contribution in [2.45, 2.75) is 20.3 Å². The molecule has 1 aromatic carbocycles. The number of aromatic carboxylic acids is 1. The van der Waals surface area contributed by atoms with Crippen LogP contribution in [0.15, 0.2) is 28.7 Å². The highest BCUT2D eigenvalue weighted by Gasteiger charge is 2.13. The first kappa shape index (κ1) is 12.8. The first-order valence-corrected chi connectivity index (χ1v) is 6.40. The van der Waals surface area contributed by atoms with E-state index in [9.17, 15) is 4.79 Å². The second kappa shape index (κ2) is 4.94. The molecule has 18 heavy (non-hydrogen) atoms. The van der Waals surface area contributed by atoms with Gasteiger partial charge in [-0.25, -0.2) is 9.48 Å². The van der Waals surface area contributed by atoms with Crippen molar-refractivity contribution in [3.8, 4) is 5.69 Å². The van der Waals surface area contributed by atoms with Crippen molar-refractivity contribution in [2.75, 3.05) is 0 Å². The van der Waals surface area contributed by atoms with Crippen LogP contribution in [0.1, 0.15) is 28.7 Å². The smallest absolute Gasteiger partial charge is 0.356 e. The first-order valence-electron chi connectivity index (χ1n) is 5.61. The van der Waals surface area contributed by atoms with E-state index in [0.29, 0.717) is 0 Å². The summed E-state index contributed by atoms with van der Waals surface area (Å²) < 4.78 is 2.63. The molecule has 5 heteroatoms. The van der Waals surface area contributed by atoms with Gasteiger partial charge in [0.15, 0.2) is 5.69 Å². The number of aromatic nitrogens is 2. The number of carboxylic acid groups (broad SMARTS) is 1. The maximum Gasteiger partial charge on any atom is 0.356 e. The molecule has 0 fully saturated rings. The summed E-state index contributed by atoms with van der Waals surface area (Å²) in [6.07, 6.45) is 0.728. The van der Waals surface area contributed by atoms with Gasteiger partial charge in [0.25, 0.3) is 0 Å². The Morgan fingerprint density at radius 1 is 1.39 bits per heavy atom. The summed E-state index contributed by atoms with van der Waals surface area (Å²) in [6, 6.07) is 7.50. The fourth-order valence-corrected chi connectivity index (χ4v) is 2.43. The average Bonchev–Trinajstić information content (AvgIpc) is 2.71. The minimum atomic E-state index is -1.00. The highest BCUT2D eigenvalue weighted by atomic mass is 79.9. The molecule has 0 radical (unpaired) electrons. The first-order chi connectivity index (χ1) is 8.51. The summed E-state index contributed by atoms with van der Waals surface area (Å²) in [6.45, 7) is 3.96. The van der Waals surface area contributed by atoms with Gasteiger partial charge in [0.1, 0.15) is 0 Å². The third-order valence-electron chi connectivity index (χ3n) is 2.64. The summed E-state index contributed by atoms with van der Waals surface area (Å²) in [5.41, 5.74) is 2.91. The van der Waals surface area contributed by atoms with Gasteiger partial charge in [-0.2, -0.15) is 5.10 Å². The quantitative estimate of drug-likeness (QED) is 0.947. The van der Waals surface area contributed by atoms with E-state index in [1.165, 1.54) is 0 Å². The maximum atomic E-state index is 11.0. The summed E-state index contributed by atoms with van der Waals surface area (Å²) in [7, 11) is 0. The number of carboxylic acids is 1. The molecule has 0 bridgehead atoms. The number of carbonyl (C=O) groups is 1. The molecule has 4 nitrogen and oxygen atoms in total. The van der Waals surface area contributed by atoms with Gasteiger partial charge in [0, 0.05) is 10.2 Å². The predicted octanol–water partition coefficient (Wildman–Crippen LogP) is 3.20. The van der Waals surface area contributed by atoms with Gasteiger partial charge in [0.2, 0.25) is 0 Å². The van der Waals surface area contributed by atoms with Crippen LogP contribution in [0.4, 0.5) is 0 Å². The van der Waals surface area contributed by atoms with Crippen LogP contribution in [0.25, 0.3) is 5.69 Å². The second-order valence-electron chi connectivity index (χ2n) is 4.08. The van der Waals surface area contributed by atoms with Gasteiger partial charge >= 0.3 is 5.97 Å². The van der Waals surface area contributed by atoms with Crippen molar-refractivity contribution in [1.29, 1.82) is 0 Å². The number of halogens is 1. The largest absolute Gasteiger partial charge is 0.476 e. The number of hydrogen-bond donors (Lipinski definition) is 1. The van der Waals surface area contributed by atoms with E-state index in [4.69, 9.17) is 5.11 Å². The SMILES string of the molecule is CCc1cc(C(=O)O)nn1-c1cc(C)cc(Br)c1. The number of nitrogens with zero attached hydrogens (tertiary/aromatic N) is 2. The summed E-state index contributed by atoms with van der Waals surface area (Å²) in [4.78, 5) is 11.0. The van der Waals surface area contributed by atoms with E-state index in [1.807, 2.05) is 32.0 Å². The molecule has 2 rings (SSSR count). The number of benzene rings is 1. The van der Waals surface area contributed by atoms with Crippen molar-refractivity contribution in [3.63, 3.8) is 0 Å². The lowest BCUT2D eigenvalue weighted by Gasteiger charge is -2.07. The number of hydrogen-bond acceptors (Lipinski definition) is 2. The average molecular weight is 309 g/mol. The molecule has 0 saturated heterocycles. The molecule has 0 aliphatic heterocycles. The monoisotopic (exact) mass is 308 g/mol. The zero-order valence-electron chi connectivity index (χ0n) is 10.1. The van der Waals surface area contributed by atoms with Crippen molar-refractivity contribution in [1.82, 2.24) is 9.78 Å². The molecule has 1 aromatic heterocycles. The van der Waals surface area contributed by atoms with Crippen LogP contribution in [0.5, 0.6) is 0 Å². The Balaban J connectivity index is 2.58. The second-order valence-corrected chi connectivity index (χ2v) is 4.99. The Morgan fingerprint density at radius 3 is 2.67 bits per heavy atom. The molecule has 94 valence electrons. The van der Waals surface area contributed by atoms with Gasteiger partial charge in [-0.3, -0.25) is 0 Å². The van der Waals surface area contributed by atoms with Gasteiger partial charge in [0.05, 0.1) is 5.69 Å². The van der Waals surface area contributed by atoms with Gasteiger partial charge in [-0.05, 0) is 43.2 Å². The summed E-state index contributed by atoms with van der Waals surface area (Å²) in [5, 5.41) is 13.1. The Hall–Kier alpha value is -1.62. The number of aryl methyl sites for hydroxylation is 2. The van der Waals surface area contributed by atoms with Crippen LogP contribution in [-0.4, -0.2) is 20.9 Å². The van der Waals surface area contributed by atoms with Gasteiger partial charge < -0.3 is 5.11 Å². The molecule has 0 aliphatic rings. The number of rotatable bonds is 3. The Labute approximate surface area is 113 Å². The predicted molar refractivity (Wildman–Crippen MR) is 72.3 cm³/mol. The zero-order chi connectivity index (χ0) is 13.3. The fourth-order valence-electron chi connectivity index (χ4n) is 1.84. The zero-order valence-corrected chi connectivity index (χ0v) is 11.7. The van der Waals surface area contributed by atoms with Gasteiger partial charge in [-0.1, -0.05) is 22.9 Å². The molecule has 0 saturated carbocycles. The Morgan fingerprint density at radius 2 is 2.11 bits per heavy atom. The van der Waals surface area contributed by atoms with E-state index in [0.717, 1.165) is 27.8 Å².